The van der Waals surface area contributed by atoms with E-state index in [2.05, 4.69) is 0 Å². The van der Waals surface area contributed by atoms with E-state index in [9.17, 15) is 50.8 Å². The van der Waals surface area contributed by atoms with Gasteiger partial charge in [0.2, 0.25) is 12.6 Å². The summed E-state index contributed by atoms with van der Waals surface area (Å²) in [6.07, 6.45) is -12.9. The molecule has 2 aromatic carbocycles. The molecule has 0 bridgehead atoms. The molecule has 0 radical (unpaired) electrons. The van der Waals surface area contributed by atoms with Crippen molar-refractivity contribution in [3.05, 3.63) is 54.1 Å². The molecule has 42 heavy (non-hydrogen) atoms. The van der Waals surface area contributed by atoms with E-state index in [1.165, 1.54) is 48.5 Å². The molecule has 2 aliphatic rings. The third-order valence-corrected chi connectivity index (χ3v) is 6.63. The van der Waals surface area contributed by atoms with Gasteiger partial charge in [0.15, 0.2) is 11.5 Å². The highest BCUT2D eigenvalue weighted by atomic mass is 16.7. The van der Waals surface area contributed by atoms with Crippen LogP contribution in [0, 0.1) is 0 Å². The van der Waals surface area contributed by atoms with Crippen molar-refractivity contribution < 1.29 is 74.4 Å². The molecule has 15 nitrogen and oxygen atoms in total. The topological polar surface area (TPSA) is 245 Å². The van der Waals surface area contributed by atoms with Crippen LogP contribution in [0.1, 0.15) is 5.56 Å². The standard InChI is InChI=1S/C27H32O15/c28-10-17-20(32)22(34)25(37)27(41-17)40-16-7-1-12(9-15(16)30)2-8-19(31)38-11-18-21(33)23(35)24(36)26(42-18)39-14-5-3-13(29)4-6-14/h1-9,17-18,20-30,32-37H,10-11H2/t17-,18-,20-,21-,22+,23+,24-,25-,26-,27-/m1/s1. The molecule has 230 valence electrons. The minimum Gasteiger partial charge on any atom is -0.508 e. The van der Waals surface area contributed by atoms with Crippen LogP contribution in [0.2, 0.25) is 0 Å². The first-order valence-electron chi connectivity index (χ1n) is 12.8. The van der Waals surface area contributed by atoms with Crippen molar-refractivity contribution in [2.75, 3.05) is 13.2 Å². The molecular weight excluding hydrogens is 564 g/mol. The predicted octanol–water partition coefficient (Wildman–Crippen LogP) is -2.28. The second-order valence-electron chi connectivity index (χ2n) is 9.63. The predicted molar refractivity (Wildman–Crippen MR) is 138 cm³/mol. The van der Waals surface area contributed by atoms with Crippen molar-refractivity contribution in [2.45, 2.75) is 61.4 Å². The molecule has 10 atom stereocenters. The zero-order chi connectivity index (χ0) is 30.6. The van der Waals surface area contributed by atoms with E-state index in [0.717, 1.165) is 6.08 Å². The molecule has 4 rings (SSSR count). The summed E-state index contributed by atoms with van der Waals surface area (Å²) in [6, 6.07) is 9.39. The fourth-order valence-electron chi connectivity index (χ4n) is 4.21. The molecule has 9 N–H and O–H groups in total. The summed E-state index contributed by atoms with van der Waals surface area (Å²) in [5.41, 5.74) is 0.320. The Morgan fingerprint density at radius 1 is 0.762 bits per heavy atom. The lowest BCUT2D eigenvalue weighted by Crippen LogP contribution is -2.60. The highest BCUT2D eigenvalue weighted by molar-refractivity contribution is 5.87. The number of aromatic hydroxyl groups is 2. The molecule has 0 saturated carbocycles. The van der Waals surface area contributed by atoms with E-state index >= 15 is 0 Å². The zero-order valence-electron chi connectivity index (χ0n) is 21.9. The summed E-state index contributed by atoms with van der Waals surface area (Å²) in [6.45, 7) is -1.17. The van der Waals surface area contributed by atoms with Gasteiger partial charge in [0, 0.05) is 6.08 Å². The number of esters is 1. The fourth-order valence-corrected chi connectivity index (χ4v) is 4.21. The number of phenolic OH excluding ortho intramolecular Hbond substituents is 2. The lowest BCUT2D eigenvalue weighted by molar-refractivity contribution is -0.278. The summed E-state index contributed by atoms with van der Waals surface area (Å²) in [4.78, 5) is 12.3. The summed E-state index contributed by atoms with van der Waals surface area (Å²) in [5.74, 6) is -1.27. The van der Waals surface area contributed by atoms with Crippen molar-refractivity contribution in [2.24, 2.45) is 0 Å². The molecule has 2 heterocycles. The highest BCUT2D eigenvalue weighted by Crippen LogP contribution is 2.32. The van der Waals surface area contributed by atoms with E-state index in [0.29, 0.717) is 5.56 Å². The van der Waals surface area contributed by atoms with Gasteiger partial charge < -0.3 is 69.6 Å². The van der Waals surface area contributed by atoms with Crippen LogP contribution in [-0.4, -0.2) is 127 Å². The molecule has 2 aromatic rings. The van der Waals surface area contributed by atoms with Gasteiger partial charge in [-0.25, -0.2) is 4.79 Å². The number of ether oxygens (including phenoxy) is 5. The van der Waals surface area contributed by atoms with Crippen molar-refractivity contribution >= 4 is 12.0 Å². The normalized spacial score (nSPS) is 33.3. The number of rotatable bonds is 9. The van der Waals surface area contributed by atoms with Crippen molar-refractivity contribution in [1.82, 2.24) is 0 Å². The minimum absolute atomic E-state index is 0.0201. The molecule has 2 aliphatic heterocycles. The monoisotopic (exact) mass is 596 g/mol. The molecule has 2 saturated heterocycles. The number of carbonyl (C=O) groups excluding carboxylic acids is 1. The van der Waals surface area contributed by atoms with Crippen LogP contribution in [0.3, 0.4) is 0 Å². The summed E-state index contributed by atoms with van der Waals surface area (Å²) in [5, 5.41) is 89.5. The van der Waals surface area contributed by atoms with Gasteiger partial charge in [-0.2, -0.15) is 0 Å². The maximum Gasteiger partial charge on any atom is 0.330 e. The molecule has 0 spiro atoms. The van der Waals surface area contributed by atoms with Crippen LogP contribution in [0.15, 0.2) is 48.5 Å². The van der Waals surface area contributed by atoms with Gasteiger partial charge in [-0.1, -0.05) is 6.07 Å². The quantitative estimate of drug-likeness (QED) is 0.109. The number of phenols is 2. The first-order chi connectivity index (χ1) is 20.0. The van der Waals surface area contributed by atoms with Crippen LogP contribution in [0.25, 0.3) is 6.08 Å². The Kier molecular flexibility index (Phi) is 10.2. The summed E-state index contributed by atoms with van der Waals surface area (Å²) in [7, 11) is 0. The Morgan fingerprint density at radius 2 is 1.36 bits per heavy atom. The second kappa shape index (κ2) is 13.6. The van der Waals surface area contributed by atoms with Gasteiger partial charge in [0.25, 0.3) is 0 Å². The van der Waals surface area contributed by atoms with Crippen molar-refractivity contribution in [3.63, 3.8) is 0 Å². The van der Waals surface area contributed by atoms with E-state index < -0.39 is 86.3 Å². The van der Waals surface area contributed by atoms with Crippen LogP contribution >= 0.6 is 0 Å². The van der Waals surface area contributed by atoms with Crippen LogP contribution in [0.5, 0.6) is 23.0 Å². The SMILES string of the molecule is O=C(C=Cc1ccc(O[C@@H]2O[C@H](CO)[C@@H](O)[C@H](O)[C@H]2O)c(O)c1)OC[C@H]1O[C@@H](Oc2ccc(O)cc2)[C@H](O)[C@@H](O)[C@@H]1O. The molecule has 15 heteroatoms. The van der Waals surface area contributed by atoms with Crippen molar-refractivity contribution in [3.8, 4) is 23.0 Å². The van der Waals surface area contributed by atoms with Gasteiger partial charge in [-0.3, -0.25) is 0 Å². The maximum absolute atomic E-state index is 12.3. The van der Waals surface area contributed by atoms with Crippen molar-refractivity contribution in [1.29, 1.82) is 0 Å². The molecule has 0 unspecified atom stereocenters. The first kappa shape index (κ1) is 31.4. The van der Waals surface area contributed by atoms with Crippen LogP contribution < -0.4 is 9.47 Å². The Hall–Kier alpha value is -3.51. The Balaban J connectivity index is 1.31. The highest BCUT2D eigenvalue weighted by Gasteiger charge is 2.46. The van der Waals surface area contributed by atoms with Gasteiger partial charge in [0.1, 0.15) is 66.9 Å². The van der Waals surface area contributed by atoms with E-state index in [4.69, 9.17) is 23.7 Å². The van der Waals surface area contributed by atoms with E-state index in [-0.39, 0.29) is 17.2 Å². The number of hydrogen-bond acceptors (Lipinski definition) is 15. The molecule has 0 aliphatic carbocycles. The number of aliphatic hydroxyl groups is 7. The zero-order valence-corrected chi connectivity index (χ0v) is 21.9. The smallest absolute Gasteiger partial charge is 0.330 e. The van der Waals surface area contributed by atoms with Gasteiger partial charge in [-0.15, -0.1) is 0 Å². The third-order valence-electron chi connectivity index (χ3n) is 6.63. The van der Waals surface area contributed by atoms with Crippen LogP contribution in [-0.2, 0) is 19.0 Å². The minimum atomic E-state index is -1.68. The Labute approximate surface area is 238 Å². The average molecular weight is 597 g/mol. The molecule has 0 amide bonds. The molecular formula is C27H32O15. The van der Waals surface area contributed by atoms with E-state index in [1.807, 2.05) is 0 Å². The lowest BCUT2D eigenvalue weighted by atomic mass is 9.99. The number of benzene rings is 2. The third kappa shape index (κ3) is 7.27. The summed E-state index contributed by atoms with van der Waals surface area (Å²) >= 11 is 0. The molecule has 0 aromatic heterocycles. The first-order valence-corrected chi connectivity index (χ1v) is 12.8. The molecule has 2 fully saturated rings. The number of carbonyl (C=O) groups is 1. The van der Waals surface area contributed by atoms with Gasteiger partial charge >= 0.3 is 5.97 Å². The number of hydrogen-bond donors (Lipinski definition) is 9. The van der Waals surface area contributed by atoms with Crippen LogP contribution in [0.4, 0.5) is 0 Å². The van der Waals surface area contributed by atoms with Gasteiger partial charge in [0.05, 0.1) is 6.61 Å². The summed E-state index contributed by atoms with van der Waals surface area (Å²) < 4.78 is 26.7. The van der Waals surface area contributed by atoms with Gasteiger partial charge in [-0.05, 0) is 48.0 Å². The maximum atomic E-state index is 12.3. The largest absolute Gasteiger partial charge is 0.508 e. The Bertz CT molecular complexity index is 1220. The fraction of sp³-hybridized carbons (Fsp3) is 0.444. The lowest BCUT2D eigenvalue weighted by Gasteiger charge is -2.39. The Morgan fingerprint density at radius 3 is 1.98 bits per heavy atom. The van der Waals surface area contributed by atoms with E-state index in [1.54, 1.807) is 0 Å². The second-order valence-corrected chi connectivity index (χ2v) is 9.63. The number of aliphatic hydroxyl groups excluding tert-OH is 7. The average Bonchev–Trinajstić information content (AvgIpc) is 2.98.